The zero-order chi connectivity index (χ0) is 9.14. The second-order valence-corrected chi connectivity index (χ2v) is 2.90. The van der Waals surface area contributed by atoms with Crippen LogP contribution < -0.4 is 4.74 Å². The predicted molar refractivity (Wildman–Crippen MR) is 46.9 cm³/mol. The van der Waals surface area contributed by atoms with Crippen molar-refractivity contribution in [1.29, 1.82) is 0 Å². The molecule has 62 valence electrons. The summed E-state index contributed by atoms with van der Waals surface area (Å²) < 4.78 is 18.0. The number of ether oxygens (including phenoxy) is 1. The number of benzene rings is 1. The van der Waals surface area contributed by atoms with Crippen molar-refractivity contribution in [2.75, 3.05) is 7.11 Å². The van der Waals surface area contributed by atoms with E-state index in [1.54, 1.807) is 0 Å². The van der Waals surface area contributed by atoms with Crippen molar-refractivity contribution >= 4 is 21.6 Å². The van der Waals surface area contributed by atoms with Crippen molar-refractivity contribution in [3.63, 3.8) is 0 Å². The van der Waals surface area contributed by atoms with Gasteiger partial charge in [0.25, 0.3) is 0 Å². The van der Waals surface area contributed by atoms with Crippen molar-refractivity contribution in [1.82, 2.24) is 0 Å². The molecule has 0 heterocycles. The van der Waals surface area contributed by atoms with E-state index in [0.717, 1.165) is 6.07 Å². The highest BCUT2D eigenvalue weighted by Crippen LogP contribution is 2.32. The van der Waals surface area contributed by atoms with Gasteiger partial charge in [-0.05, 0) is 28.1 Å². The summed E-state index contributed by atoms with van der Waals surface area (Å²) in [5.41, 5.74) is 0.179. The average molecular weight is 230 g/mol. The highest BCUT2D eigenvalue weighted by Gasteiger charge is 2.07. The van der Waals surface area contributed by atoms with Crippen LogP contribution in [0.4, 0.5) is 10.1 Å². The molecule has 1 aromatic carbocycles. The maximum atomic E-state index is 12.8. The molecule has 0 aliphatic carbocycles. The lowest BCUT2D eigenvalue weighted by Gasteiger charge is -2.03. The van der Waals surface area contributed by atoms with Crippen LogP contribution in [0.15, 0.2) is 16.6 Å². The van der Waals surface area contributed by atoms with Crippen LogP contribution in [0, 0.1) is 12.4 Å². The highest BCUT2D eigenvalue weighted by molar-refractivity contribution is 9.10. The molecular weight excluding hydrogens is 225 g/mol. The van der Waals surface area contributed by atoms with Crippen LogP contribution in [-0.4, -0.2) is 7.11 Å². The lowest BCUT2D eigenvalue weighted by atomic mass is 10.3. The minimum Gasteiger partial charge on any atom is -0.508 e. The predicted octanol–water partition coefficient (Wildman–Crippen LogP) is 3.15. The van der Waals surface area contributed by atoms with Gasteiger partial charge in [0.2, 0.25) is 5.69 Å². The molecule has 0 aromatic heterocycles. The molecule has 1 rings (SSSR count). The minimum absolute atomic E-state index is 0.179. The normalized spacial score (nSPS) is 9.17. The van der Waals surface area contributed by atoms with Gasteiger partial charge in [-0.15, -0.1) is 0 Å². The maximum Gasteiger partial charge on any atom is 0.231 e. The van der Waals surface area contributed by atoms with Gasteiger partial charge in [-0.25, -0.2) is 9.24 Å². The van der Waals surface area contributed by atoms with Gasteiger partial charge in [0.1, 0.15) is 11.6 Å². The van der Waals surface area contributed by atoms with E-state index in [0.29, 0.717) is 10.2 Å². The van der Waals surface area contributed by atoms with Gasteiger partial charge < -0.3 is 4.74 Å². The lowest BCUT2D eigenvalue weighted by Crippen LogP contribution is -1.85. The second-order valence-electron chi connectivity index (χ2n) is 2.05. The first kappa shape index (κ1) is 9.01. The number of rotatable bonds is 1. The largest absolute Gasteiger partial charge is 0.508 e. The Bertz CT molecular complexity index is 346. The summed E-state index contributed by atoms with van der Waals surface area (Å²) in [5.74, 6) is -0.0833. The molecule has 0 aliphatic rings. The molecule has 0 aliphatic heterocycles. The first-order valence-corrected chi connectivity index (χ1v) is 3.89. The van der Waals surface area contributed by atoms with E-state index in [-0.39, 0.29) is 5.69 Å². The van der Waals surface area contributed by atoms with Gasteiger partial charge in [-0.3, -0.25) is 0 Å². The number of hydrogen-bond acceptors (Lipinski definition) is 1. The van der Waals surface area contributed by atoms with E-state index in [4.69, 9.17) is 11.3 Å². The third kappa shape index (κ3) is 1.56. The molecule has 1 aromatic rings. The first-order valence-electron chi connectivity index (χ1n) is 3.09. The van der Waals surface area contributed by atoms with Gasteiger partial charge in [0, 0.05) is 0 Å². The monoisotopic (exact) mass is 229 g/mol. The van der Waals surface area contributed by atoms with Crippen molar-refractivity contribution in [2.45, 2.75) is 0 Å². The van der Waals surface area contributed by atoms with Crippen LogP contribution in [0.25, 0.3) is 4.85 Å². The zero-order valence-electron chi connectivity index (χ0n) is 6.27. The fourth-order valence-electron chi connectivity index (χ4n) is 0.769. The van der Waals surface area contributed by atoms with Crippen LogP contribution in [0.2, 0.25) is 0 Å². The van der Waals surface area contributed by atoms with Gasteiger partial charge in [-0.1, -0.05) is 0 Å². The Morgan fingerprint density at radius 2 is 2.25 bits per heavy atom. The quantitative estimate of drug-likeness (QED) is 0.675. The molecule has 0 saturated carbocycles. The SMILES string of the molecule is [C-]#[N+]c1cc(F)c(Br)cc1OC. The van der Waals surface area contributed by atoms with Crippen molar-refractivity contribution in [3.8, 4) is 5.75 Å². The van der Waals surface area contributed by atoms with Crippen LogP contribution in [0.3, 0.4) is 0 Å². The van der Waals surface area contributed by atoms with E-state index in [2.05, 4.69) is 20.8 Å². The van der Waals surface area contributed by atoms with Crippen molar-refractivity contribution in [3.05, 3.63) is 33.8 Å². The van der Waals surface area contributed by atoms with Crippen molar-refractivity contribution in [2.24, 2.45) is 0 Å². The fraction of sp³-hybridized carbons (Fsp3) is 0.125. The molecule has 0 amide bonds. The Morgan fingerprint density at radius 3 is 2.75 bits per heavy atom. The number of nitrogens with zero attached hydrogens (tertiary/aromatic N) is 1. The lowest BCUT2D eigenvalue weighted by molar-refractivity contribution is 0.416. The Hall–Kier alpha value is -1.08. The first-order chi connectivity index (χ1) is 5.69. The maximum absolute atomic E-state index is 12.8. The Labute approximate surface area is 77.9 Å². The molecule has 0 fully saturated rings. The molecule has 0 spiro atoms. The number of methoxy groups -OCH3 is 1. The van der Waals surface area contributed by atoms with E-state index < -0.39 is 5.82 Å². The molecule has 0 N–H and O–H groups in total. The second kappa shape index (κ2) is 3.55. The topological polar surface area (TPSA) is 13.6 Å². The number of halogens is 2. The Balaban J connectivity index is 3.31. The van der Waals surface area contributed by atoms with Gasteiger partial charge >= 0.3 is 0 Å². The Kier molecular flexibility index (Phi) is 2.66. The summed E-state index contributed by atoms with van der Waals surface area (Å²) in [4.78, 5) is 3.11. The molecule has 12 heavy (non-hydrogen) atoms. The van der Waals surface area contributed by atoms with Crippen LogP contribution in [0.5, 0.6) is 5.75 Å². The third-order valence-electron chi connectivity index (χ3n) is 1.34. The standard InChI is InChI=1S/C8H5BrFNO/c1-11-7-4-6(10)5(9)3-8(7)12-2/h3-4H,2H3. The van der Waals surface area contributed by atoms with Crippen LogP contribution >= 0.6 is 15.9 Å². The third-order valence-corrected chi connectivity index (χ3v) is 1.95. The summed E-state index contributed by atoms with van der Waals surface area (Å²) >= 11 is 2.99. The van der Waals surface area contributed by atoms with Gasteiger partial charge in [0.05, 0.1) is 18.2 Å². The van der Waals surface area contributed by atoms with E-state index in [1.807, 2.05) is 0 Å². The fourth-order valence-corrected chi connectivity index (χ4v) is 1.09. The van der Waals surface area contributed by atoms with E-state index in [9.17, 15) is 4.39 Å². The molecular formula is C8H5BrFNO. The smallest absolute Gasteiger partial charge is 0.231 e. The van der Waals surface area contributed by atoms with Crippen LogP contribution in [-0.2, 0) is 0 Å². The van der Waals surface area contributed by atoms with Gasteiger partial charge in [-0.2, -0.15) is 0 Å². The molecule has 0 saturated heterocycles. The molecule has 0 bridgehead atoms. The Morgan fingerprint density at radius 1 is 1.58 bits per heavy atom. The van der Waals surface area contributed by atoms with Gasteiger partial charge in [0.15, 0.2) is 0 Å². The average Bonchev–Trinajstić information content (AvgIpc) is 2.09. The molecule has 2 nitrogen and oxygen atoms in total. The summed E-state index contributed by atoms with van der Waals surface area (Å²) in [6.45, 7) is 6.72. The number of hydrogen-bond donors (Lipinski definition) is 0. The van der Waals surface area contributed by atoms with E-state index in [1.165, 1.54) is 13.2 Å². The summed E-state index contributed by atoms with van der Waals surface area (Å²) in [7, 11) is 1.44. The summed E-state index contributed by atoms with van der Waals surface area (Å²) in [5, 5.41) is 0. The molecule has 0 unspecified atom stereocenters. The minimum atomic E-state index is -0.457. The van der Waals surface area contributed by atoms with E-state index >= 15 is 0 Å². The van der Waals surface area contributed by atoms with Crippen molar-refractivity contribution < 1.29 is 9.13 Å². The zero-order valence-corrected chi connectivity index (χ0v) is 7.85. The summed E-state index contributed by atoms with van der Waals surface area (Å²) in [6.07, 6.45) is 0. The highest BCUT2D eigenvalue weighted by atomic mass is 79.9. The summed E-state index contributed by atoms with van der Waals surface area (Å²) in [6, 6.07) is 2.57. The molecule has 4 heteroatoms. The van der Waals surface area contributed by atoms with Crippen LogP contribution in [0.1, 0.15) is 0 Å². The molecule has 0 atom stereocenters. The molecule has 0 radical (unpaired) electrons.